The maximum Gasteiger partial charge on any atom is 0.264 e. The third-order valence-electron chi connectivity index (χ3n) is 6.81. The number of anilines is 1. The van der Waals surface area contributed by atoms with E-state index in [0.29, 0.717) is 29.0 Å². The quantitative estimate of drug-likeness (QED) is 0.631. The van der Waals surface area contributed by atoms with Crippen LogP contribution in [0.3, 0.4) is 0 Å². The molecule has 2 fully saturated rings. The minimum atomic E-state index is -4.05. The highest BCUT2D eigenvalue weighted by molar-refractivity contribution is 7.92. The molecule has 2 aliphatic carbocycles. The van der Waals surface area contributed by atoms with Gasteiger partial charge in [0.05, 0.1) is 24.8 Å². The monoisotopic (exact) mass is 472 g/mol. The van der Waals surface area contributed by atoms with Crippen molar-refractivity contribution in [2.24, 2.45) is 11.8 Å². The lowest BCUT2D eigenvalue weighted by atomic mass is 9.95. The highest BCUT2D eigenvalue weighted by Crippen LogP contribution is 2.44. The van der Waals surface area contributed by atoms with Crippen LogP contribution in [0.4, 0.5) is 5.69 Å². The summed E-state index contributed by atoms with van der Waals surface area (Å²) in [4.78, 5) is 13.1. The summed E-state index contributed by atoms with van der Waals surface area (Å²) < 4.78 is 39.3. The standard InChI is InChI=1S/C25H32N2O5S/c1-16-9-17(2)11-20(10-16)27(15-25(28)26-22-13-18-5-6-19(22)12-18)33(29,30)21-7-8-23(31-3)24(14-21)32-4/h7-11,14,18-19,22H,5-6,12-13,15H2,1-4H3,(H,26,28). The summed E-state index contributed by atoms with van der Waals surface area (Å²) in [5.41, 5.74) is 2.31. The molecule has 0 spiro atoms. The molecular formula is C25H32N2O5S. The van der Waals surface area contributed by atoms with Gasteiger partial charge in [-0.15, -0.1) is 0 Å². The SMILES string of the molecule is COc1ccc(S(=O)(=O)N(CC(=O)NC2CC3CCC2C3)c2cc(C)cc(C)c2)cc1OC. The van der Waals surface area contributed by atoms with Gasteiger partial charge in [0, 0.05) is 12.1 Å². The molecule has 2 aliphatic rings. The maximum absolute atomic E-state index is 13.8. The van der Waals surface area contributed by atoms with Gasteiger partial charge in [-0.05, 0) is 80.3 Å². The zero-order valence-corrected chi connectivity index (χ0v) is 20.4. The second-order valence-electron chi connectivity index (χ2n) is 9.22. The lowest BCUT2D eigenvalue weighted by molar-refractivity contribution is -0.120. The topological polar surface area (TPSA) is 84.9 Å². The Labute approximate surface area is 196 Å². The molecule has 2 aromatic carbocycles. The van der Waals surface area contributed by atoms with Crippen LogP contribution in [0.5, 0.6) is 11.5 Å². The average molecular weight is 473 g/mol. The summed E-state index contributed by atoms with van der Waals surface area (Å²) in [6, 6.07) is 10.1. The van der Waals surface area contributed by atoms with Gasteiger partial charge in [0.1, 0.15) is 6.54 Å². The molecule has 0 saturated heterocycles. The Hall–Kier alpha value is -2.74. The molecule has 1 N–H and O–H groups in total. The highest BCUT2D eigenvalue weighted by Gasteiger charge is 2.40. The lowest BCUT2D eigenvalue weighted by Crippen LogP contribution is -2.46. The van der Waals surface area contributed by atoms with E-state index >= 15 is 0 Å². The number of rotatable bonds is 8. The molecule has 0 radical (unpaired) electrons. The van der Waals surface area contributed by atoms with Gasteiger partial charge in [-0.1, -0.05) is 12.5 Å². The van der Waals surface area contributed by atoms with Crippen molar-refractivity contribution in [3.8, 4) is 11.5 Å². The van der Waals surface area contributed by atoms with E-state index < -0.39 is 10.0 Å². The number of amides is 1. The van der Waals surface area contributed by atoms with E-state index in [1.165, 1.54) is 37.1 Å². The zero-order valence-electron chi connectivity index (χ0n) is 19.6. The number of hydrogen-bond donors (Lipinski definition) is 1. The number of carbonyl (C=O) groups is 1. The van der Waals surface area contributed by atoms with Gasteiger partial charge >= 0.3 is 0 Å². The molecule has 178 valence electrons. The second-order valence-corrected chi connectivity index (χ2v) is 11.1. The first-order chi connectivity index (χ1) is 15.7. The number of hydrogen-bond acceptors (Lipinski definition) is 5. The number of carbonyl (C=O) groups excluding carboxylic acids is 1. The van der Waals surface area contributed by atoms with Gasteiger partial charge in [-0.3, -0.25) is 9.10 Å². The molecule has 2 aromatic rings. The van der Waals surface area contributed by atoms with Crippen LogP contribution >= 0.6 is 0 Å². The number of methoxy groups -OCH3 is 2. The summed E-state index contributed by atoms with van der Waals surface area (Å²) >= 11 is 0. The van der Waals surface area contributed by atoms with E-state index in [1.54, 1.807) is 18.2 Å². The fraction of sp³-hybridized carbons (Fsp3) is 0.480. The number of nitrogens with one attached hydrogen (secondary N) is 1. The van der Waals surface area contributed by atoms with Crippen molar-refractivity contribution in [2.45, 2.75) is 50.5 Å². The Bertz CT molecular complexity index is 1130. The first kappa shape index (κ1) is 23.4. The van der Waals surface area contributed by atoms with E-state index in [2.05, 4.69) is 5.32 Å². The molecule has 33 heavy (non-hydrogen) atoms. The Morgan fingerprint density at radius 2 is 1.70 bits per heavy atom. The fourth-order valence-electron chi connectivity index (χ4n) is 5.32. The van der Waals surface area contributed by atoms with Crippen LogP contribution in [-0.4, -0.2) is 41.1 Å². The van der Waals surface area contributed by atoms with Crippen LogP contribution in [0, 0.1) is 25.7 Å². The Balaban J connectivity index is 1.67. The number of ether oxygens (including phenoxy) is 2. The number of nitrogens with zero attached hydrogens (tertiary/aromatic N) is 1. The molecule has 0 aromatic heterocycles. The van der Waals surface area contributed by atoms with Crippen LogP contribution < -0.4 is 19.1 Å². The van der Waals surface area contributed by atoms with Crippen molar-refractivity contribution in [3.05, 3.63) is 47.5 Å². The van der Waals surface area contributed by atoms with Crippen LogP contribution in [0.25, 0.3) is 0 Å². The van der Waals surface area contributed by atoms with Gasteiger partial charge in [0.2, 0.25) is 5.91 Å². The van der Waals surface area contributed by atoms with Gasteiger partial charge in [0.25, 0.3) is 10.0 Å². The van der Waals surface area contributed by atoms with E-state index in [-0.39, 0.29) is 23.4 Å². The van der Waals surface area contributed by atoms with E-state index in [1.807, 2.05) is 19.9 Å². The smallest absolute Gasteiger partial charge is 0.264 e. The van der Waals surface area contributed by atoms with E-state index in [9.17, 15) is 13.2 Å². The fourth-order valence-corrected chi connectivity index (χ4v) is 6.74. The van der Waals surface area contributed by atoms with Crippen molar-refractivity contribution in [1.82, 2.24) is 5.32 Å². The van der Waals surface area contributed by atoms with Crippen LogP contribution in [0.2, 0.25) is 0 Å². The molecule has 0 heterocycles. The molecule has 4 rings (SSSR count). The normalized spacial score (nSPS) is 21.6. The largest absolute Gasteiger partial charge is 0.493 e. The predicted molar refractivity (Wildman–Crippen MR) is 127 cm³/mol. The third-order valence-corrected chi connectivity index (χ3v) is 8.58. The lowest BCUT2D eigenvalue weighted by Gasteiger charge is -2.28. The van der Waals surface area contributed by atoms with Gasteiger partial charge < -0.3 is 14.8 Å². The summed E-state index contributed by atoms with van der Waals surface area (Å²) in [7, 11) is -1.10. The number of fused-ring (bicyclic) bond motifs is 2. The molecule has 0 aliphatic heterocycles. The van der Waals surface area contributed by atoms with Crippen LogP contribution in [0.15, 0.2) is 41.3 Å². The summed E-state index contributed by atoms with van der Waals surface area (Å²) in [5, 5.41) is 3.11. The molecule has 2 bridgehead atoms. The van der Waals surface area contributed by atoms with Crippen molar-refractivity contribution >= 4 is 21.6 Å². The highest BCUT2D eigenvalue weighted by atomic mass is 32.2. The summed E-state index contributed by atoms with van der Waals surface area (Å²) in [6.07, 6.45) is 4.53. The number of benzene rings is 2. The molecule has 2 saturated carbocycles. The summed E-state index contributed by atoms with van der Waals surface area (Å²) in [6.45, 7) is 3.54. The van der Waals surface area contributed by atoms with Crippen LogP contribution in [0.1, 0.15) is 36.8 Å². The van der Waals surface area contributed by atoms with Crippen molar-refractivity contribution < 1.29 is 22.7 Å². The third kappa shape index (κ3) is 4.81. The van der Waals surface area contributed by atoms with Crippen molar-refractivity contribution in [1.29, 1.82) is 0 Å². The minimum Gasteiger partial charge on any atom is -0.493 e. The Morgan fingerprint density at radius 3 is 2.27 bits per heavy atom. The first-order valence-corrected chi connectivity index (χ1v) is 12.8. The maximum atomic E-state index is 13.8. The molecule has 8 heteroatoms. The number of sulfonamides is 1. The van der Waals surface area contributed by atoms with E-state index in [0.717, 1.165) is 30.4 Å². The molecular weight excluding hydrogens is 440 g/mol. The Kier molecular flexibility index (Phi) is 6.56. The summed E-state index contributed by atoms with van der Waals surface area (Å²) in [5.74, 6) is 1.66. The van der Waals surface area contributed by atoms with Crippen molar-refractivity contribution in [3.63, 3.8) is 0 Å². The molecule has 3 atom stereocenters. The van der Waals surface area contributed by atoms with E-state index in [4.69, 9.17) is 9.47 Å². The number of aryl methyl sites for hydroxylation is 2. The van der Waals surface area contributed by atoms with Gasteiger partial charge in [-0.2, -0.15) is 0 Å². The Morgan fingerprint density at radius 1 is 1.00 bits per heavy atom. The van der Waals surface area contributed by atoms with Gasteiger partial charge in [-0.25, -0.2) is 8.42 Å². The second kappa shape index (κ2) is 9.25. The van der Waals surface area contributed by atoms with Crippen LogP contribution in [-0.2, 0) is 14.8 Å². The molecule has 3 unspecified atom stereocenters. The van der Waals surface area contributed by atoms with Crippen molar-refractivity contribution in [2.75, 3.05) is 25.1 Å². The average Bonchev–Trinajstić information content (AvgIpc) is 3.39. The molecule has 1 amide bonds. The predicted octanol–water partition coefficient (Wildman–Crippen LogP) is 3.82. The zero-order chi connectivity index (χ0) is 23.8. The first-order valence-electron chi connectivity index (χ1n) is 11.3. The molecule has 7 nitrogen and oxygen atoms in total. The minimum absolute atomic E-state index is 0.0343. The van der Waals surface area contributed by atoms with Gasteiger partial charge in [0.15, 0.2) is 11.5 Å².